The summed E-state index contributed by atoms with van der Waals surface area (Å²) in [5.41, 5.74) is 4.82. The molecule has 0 saturated heterocycles. The molecule has 0 bridgehead atoms. The van der Waals surface area contributed by atoms with E-state index in [2.05, 4.69) is 32.7 Å². The first kappa shape index (κ1) is 9.51. The van der Waals surface area contributed by atoms with Crippen LogP contribution in [-0.4, -0.2) is 6.67 Å². The number of rotatable bonds is 3. The van der Waals surface area contributed by atoms with Crippen molar-refractivity contribution in [1.82, 2.24) is 5.43 Å². The maximum Gasteiger partial charge on any atom is 0.0780 e. The minimum absolute atomic E-state index is 0.572. The molecule has 0 radical (unpaired) electrons. The molecule has 1 aromatic rings. The smallest absolute Gasteiger partial charge is 0.0780 e. The predicted octanol–water partition coefficient (Wildman–Crippen LogP) is 1.59. The Morgan fingerprint density at radius 3 is 2.83 bits per heavy atom. The highest BCUT2D eigenvalue weighted by Gasteiger charge is 1.96. The zero-order valence-electron chi connectivity index (χ0n) is 6.89. The van der Waals surface area contributed by atoms with Crippen LogP contribution in [-0.2, 0) is 0 Å². The van der Waals surface area contributed by atoms with E-state index >= 15 is 0 Å². The Labute approximate surface area is 80.4 Å². The fourth-order valence-corrected chi connectivity index (χ4v) is 1.45. The van der Waals surface area contributed by atoms with Crippen LogP contribution in [0.2, 0.25) is 0 Å². The molecule has 0 aliphatic rings. The van der Waals surface area contributed by atoms with Crippen LogP contribution in [0.5, 0.6) is 0 Å². The number of nitrogens with two attached hydrogens (primary N) is 1. The van der Waals surface area contributed by atoms with E-state index < -0.39 is 0 Å². The Balaban J connectivity index is 2.72. The highest BCUT2D eigenvalue weighted by atomic mass is 79.9. The van der Waals surface area contributed by atoms with E-state index in [9.17, 15) is 0 Å². The summed E-state index contributed by atoms with van der Waals surface area (Å²) in [6, 6.07) is 6.06. The molecule has 1 rings (SSSR count). The largest absolute Gasteiger partial charge is 0.371 e. The summed E-state index contributed by atoms with van der Waals surface area (Å²) in [5, 5.41) is 3.13. The van der Waals surface area contributed by atoms with E-state index in [1.807, 2.05) is 19.1 Å². The lowest BCUT2D eigenvalue weighted by molar-refractivity contribution is 0.789. The van der Waals surface area contributed by atoms with E-state index in [0.717, 1.165) is 10.2 Å². The van der Waals surface area contributed by atoms with Gasteiger partial charge < -0.3 is 5.32 Å². The maximum absolute atomic E-state index is 5.13. The van der Waals surface area contributed by atoms with E-state index in [1.54, 1.807) is 0 Å². The number of nitrogens with one attached hydrogen (secondary N) is 2. The Hall–Kier alpha value is -0.580. The normalized spacial score (nSPS) is 9.92. The van der Waals surface area contributed by atoms with Crippen molar-refractivity contribution < 1.29 is 0 Å². The third-order valence-corrected chi connectivity index (χ3v) is 2.06. The fraction of sp³-hybridized carbons (Fsp3) is 0.250. The summed E-state index contributed by atoms with van der Waals surface area (Å²) < 4.78 is 1.09. The lowest BCUT2D eigenvalue weighted by Gasteiger charge is -2.08. The van der Waals surface area contributed by atoms with E-state index in [4.69, 9.17) is 5.84 Å². The van der Waals surface area contributed by atoms with E-state index in [1.165, 1.54) is 5.56 Å². The summed E-state index contributed by atoms with van der Waals surface area (Å²) in [6.45, 7) is 2.62. The zero-order chi connectivity index (χ0) is 8.97. The van der Waals surface area contributed by atoms with Gasteiger partial charge in [-0.1, -0.05) is 15.9 Å². The second-order valence-corrected chi connectivity index (χ2v) is 3.43. The molecule has 0 heterocycles. The highest BCUT2D eigenvalue weighted by Crippen LogP contribution is 2.19. The number of aryl methyl sites for hydroxylation is 1. The zero-order valence-corrected chi connectivity index (χ0v) is 8.48. The number of hydrogen-bond acceptors (Lipinski definition) is 3. The molecule has 4 heteroatoms. The minimum Gasteiger partial charge on any atom is -0.371 e. The summed E-state index contributed by atoms with van der Waals surface area (Å²) in [7, 11) is 0. The molecular formula is C8H12BrN3. The number of benzene rings is 1. The first-order chi connectivity index (χ1) is 5.74. The Kier molecular flexibility index (Phi) is 3.52. The SMILES string of the molecule is Cc1cc(Br)ccc1NCNN. The van der Waals surface area contributed by atoms with Gasteiger partial charge in [0, 0.05) is 10.2 Å². The summed E-state index contributed by atoms with van der Waals surface area (Å²) in [4.78, 5) is 0. The van der Waals surface area contributed by atoms with Gasteiger partial charge in [-0.25, -0.2) is 5.43 Å². The lowest BCUT2D eigenvalue weighted by atomic mass is 10.2. The van der Waals surface area contributed by atoms with Crippen LogP contribution in [0.15, 0.2) is 22.7 Å². The monoisotopic (exact) mass is 229 g/mol. The van der Waals surface area contributed by atoms with Gasteiger partial charge >= 0.3 is 0 Å². The second-order valence-electron chi connectivity index (χ2n) is 2.52. The molecule has 66 valence electrons. The molecule has 0 unspecified atom stereocenters. The molecule has 0 aromatic heterocycles. The maximum atomic E-state index is 5.13. The van der Waals surface area contributed by atoms with Gasteiger partial charge in [0.2, 0.25) is 0 Å². The molecule has 0 aliphatic carbocycles. The Bertz CT molecular complexity index is 262. The van der Waals surface area contributed by atoms with E-state index in [0.29, 0.717) is 6.67 Å². The van der Waals surface area contributed by atoms with Crippen molar-refractivity contribution in [2.24, 2.45) is 5.84 Å². The van der Waals surface area contributed by atoms with Crippen molar-refractivity contribution in [1.29, 1.82) is 0 Å². The Morgan fingerprint density at radius 2 is 2.25 bits per heavy atom. The molecule has 0 atom stereocenters. The van der Waals surface area contributed by atoms with Gasteiger partial charge in [0.15, 0.2) is 0 Å². The average molecular weight is 230 g/mol. The van der Waals surface area contributed by atoms with Gasteiger partial charge in [0.25, 0.3) is 0 Å². The molecule has 0 aliphatic heterocycles. The van der Waals surface area contributed by atoms with Crippen molar-refractivity contribution in [3.05, 3.63) is 28.2 Å². The molecular weight excluding hydrogens is 218 g/mol. The van der Waals surface area contributed by atoms with Gasteiger partial charge in [0.05, 0.1) is 6.67 Å². The summed E-state index contributed by atoms with van der Waals surface area (Å²) in [5.74, 6) is 5.13. The van der Waals surface area contributed by atoms with Crippen LogP contribution in [0, 0.1) is 6.92 Å². The quantitative estimate of drug-likeness (QED) is 0.420. The first-order valence-electron chi connectivity index (χ1n) is 3.67. The van der Waals surface area contributed by atoms with Gasteiger partial charge in [-0.2, -0.15) is 0 Å². The molecule has 1 aromatic carbocycles. The van der Waals surface area contributed by atoms with Crippen LogP contribution in [0.1, 0.15) is 5.56 Å². The van der Waals surface area contributed by atoms with Gasteiger partial charge in [-0.3, -0.25) is 5.84 Å². The second kappa shape index (κ2) is 4.45. The van der Waals surface area contributed by atoms with Crippen molar-refractivity contribution in [3.63, 3.8) is 0 Å². The van der Waals surface area contributed by atoms with Crippen molar-refractivity contribution >= 4 is 21.6 Å². The molecule has 3 nitrogen and oxygen atoms in total. The van der Waals surface area contributed by atoms with Crippen molar-refractivity contribution in [3.8, 4) is 0 Å². The van der Waals surface area contributed by atoms with Crippen LogP contribution < -0.4 is 16.6 Å². The number of hydrogen-bond donors (Lipinski definition) is 3. The molecule has 0 spiro atoms. The van der Waals surface area contributed by atoms with Crippen LogP contribution in [0.25, 0.3) is 0 Å². The van der Waals surface area contributed by atoms with Gasteiger partial charge in [-0.15, -0.1) is 0 Å². The first-order valence-corrected chi connectivity index (χ1v) is 4.47. The van der Waals surface area contributed by atoms with Crippen LogP contribution in [0.3, 0.4) is 0 Å². The molecule has 12 heavy (non-hydrogen) atoms. The number of anilines is 1. The third kappa shape index (κ3) is 2.48. The topological polar surface area (TPSA) is 50.1 Å². The fourth-order valence-electron chi connectivity index (χ4n) is 0.972. The highest BCUT2D eigenvalue weighted by molar-refractivity contribution is 9.10. The van der Waals surface area contributed by atoms with Gasteiger partial charge in [0.1, 0.15) is 0 Å². The standard InChI is InChI=1S/C8H12BrN3/c1-6-4-7(9)2-3-8(6)11-5-12-10/h2-4,11-12H,5,10H2,1H3. The minimum atomic E-state index is 0.572. The summed E-state index contributed by atoms with van der Waals surface area (Å²) in [6.07, 6.45) is 0. The van der Waals surface area contributed by atoms with Crippen LogP contribution in [0.4, 0.5) is 5.69 Å². The van der Waals surface area contributed by atoms with Crippen molar-refractivity contribution in [2.75, 3.05) is 12.0 Å². The molecule has 0 fully saturated rings. The average Bonchev–Trinajstić information content (AvgIpc) is 2.03. The third-order valence-electron chi connectivity index (χ3n) is 1.57. The Morgan fingerprint density at radius 1 is 1.50 bits per heavy atom. The van der Waals surface area contributed by atoms with E-state index in [-0.39, 0.29) is 0 Å². The van der Waals surface area contributed by atoms with Gasteiger partial charge in [-0.05, 0) is 30.7 Å². The molecule has 0 amide bonds. The number of halogens is 1. The molecule has 0 saturated carbocycles. The number of hydrazine groups is 1. The lowest BCUT2D eigenvalue weighted by Crippen LogP contribution is -2.28. The van der Waals surface area contributed by atoms with Crippen LogP contribution >= 0.6 is 15.9 Å². The summed E-state index contributed by atoms with van der Waals surface area (Å²) >= 11 is 3.40. The predicted molar refractivity (Wildman–Crippen MR) is 54.7 cm³/mol. The van der Waals surface area contributed by atoms with Crippen molar-refractivity contribution in [2.45, 2.75) is 6.92 Å². The molecule has 4 N–H and O–H groups in total.